The molecule has 8 heteroatoms. The molecule has 0 bridgehead atoms. The molecule has 0 fully saturated rings. The predicted molar refractivity (Wildman–Crippen MR) is 110 cm³/mol. The smallest absolute Gasteiger partial charge is 0.264 e. The molecule has 5 nitrogen and oxygen atoms in total. The minimum Gasteiger partial charge on any atom is -0.322 e. The SMILES string of the molecule is O=C(Nc1ccc2c(c1)N(S(=O)(=O)c1ccccc1)CCC2)c1ccc(F)c(F)c1. The first-order valence-electron chi connectivity index (χ1n) is 9.33. The van der Waals surface area contributed by atoms with Crippen LogP contribution in [0.5, 0.6) is 0 Å². The van der Waals surface area contributed by atoms with E-state index in [1.54, 1.807) is 48.5 Å². The van der Waals surface area contributed by atoms with Gasteiger partial charge in [0.25, 0.3) is 15.9 Å². The standard InChI is InChI=1S/C22H18F2N2O3S/c23-19-11-9-16(13-20(19)24)22(27)25-17-10-8-15-5-4-12-26(21(15)14-17)30(28,29)18-6-2-1-3-7-18/h1-3,6-11,13-14H,4-5,12H2,(H,25,27). The van der Waals surface area contributed by atoms with Crippen molar-refractivity contribution >= 4 is 27.3 Å². The van der Waals surface area contributed by atoms with Crippen molar-refractivity contribution in [3.63, 3.8) is 0 Å². The number of hydrogen-bond acceptors (Lipinski definition) is 3. The lowest BCUT2D eigenvalue weighted by Crippen LogP contribution is -2.35. The van der Waals surface area contributed by atoms with Crippen molar-refractivity contribution in [2.75, 3.05) is 16.2 Å². The highest BCUT2D eigenvalue weighted by Gasteiger charge is 2.29. The number of carbonyl (C=O) groups excluding carboxylic acids is 1. The van der Waals surface area contributed by atoms with Gasteiger partial charge < -0.3 is 5.32 Å². The number of halogens is 2. The van der Waals surface area contributed by atoms with Gasteiger partial charge in [-0.05, 0) is 60.9 Å². The molecule has 1 aliphatic rings. The van der Waals surface area contributed by atoms with E-state index in [2.05, 4.69) is 5.32 Å². The molecule has 0 radical (unpaired) electrons. The summed E-state index contributed by atoms with van der Waals surface area (Å²) < 4.78 is 54.1. The third-order valence-electron chi connectivity index (χ3n) is 4.93. The van der Waals surface area contributed by atoms with Crippen molar-refractivity contribution in [2.24, 2.45) is 0 Å². The van der Waals surface area contributed by atoms with E-state index in [1.807, 2.05) is 0 Å². The van der Waals surface area contributed by atoms with Gasteiger partial charge in [-0.2, -0.15) is 0 Å². The Kier molecular flexibility index (Phi) is 5.26. The van der Waals surface area contributed by atoms with E-state index in [4.69, 9.17) is 0 Å². The fraction of sp³-hybridized carbons (Fsp3) is 0.136. The van der Waals surface area contributed by atoms with Crippen LogP contribution in [0.1, 0.15) is 22.3 Å². The summed E-state index contributed by atoms with van der Waals surface area (Å²) in [5.41, 5.74) is 1.67. The molecule has 0 saturated heterocycles. The van der Waals surface area contributed by atoms with E-state index < -0.39 is 27.6 Å². The second-order valence-electron chi connectivity index (χ2n) is 6.92. The van der Waals surface area contributed by atoms with Crippen LogP contribution in [0.15, 0.2) is 71.6 Å². The van der Waals surface area contributed by atoms with Crippen molar-refractivity contribution in [1.29, 1.82) is 0 Å². The molecule has 154 valence electrons. The largest absolute Gasteiger partial charge is 0.322 e. The summed E-state index contributed by atoms with van der Waals surface area (Å²) in [5, 5.41) is 2.62. The second-order valence-corrected chi connectivity index (χ2v) is 8.78. The molecule has 1 N–H and O–H groups in total. The van der Waals surface area contributed by atoms with Crippen LogP contribution in [-0.4, -0.2) is 20.9 Å². The number of fused-ring (bicyclic) bond motifs is 1. The lowest BCUT2D eigenvalue weighted by atomic mass is 10.0. The lowest BCUT2D eigenvalue weighted by molar-refractivity contribution is 0.102. The highest BCUT2D eigenvalue weighted by Crippen LogP contribution is 2.34. The van der Waals surface area contributed by atoms with Crippen molar-refractivity contribution in [3.8, 4) is 0 Å². The van der Waals surface area contributed by atoms with Crippen LogP contribution in [0, 0.1) is 11.6 Å². The van der Waals surface area contributed by atoms with Crippen LogP contribution in [0.4, 0.5) is 20.2 Å². The van der Waals surface area contributed by atoms with Gasteiger partial charge in [0.2, 0.25) is 0 Å². The van der Waals surface area contributed by atoms with Gasteiger partial charge in [0, 0.05) is 17.8 Å². The Bertz CT molecular complexity index is 1210. The van der Waals surface area contributed by atoms with E-state index in [0.29, 0.717) is 30.8 Å². The number of nitrogens with one attached hydrogen (secondary N) is 1. The Hall–Kier alpha value is -3.26. The van der Waals surface area contributed by atoms with Gasteiger partial charge in [0.15, 0.2) is 11.6 Å². The van der Waals surface area contributed by atoms with Crippen LogP contribution < -0.4 is 9.62 Å². The van der Waals surface area contributed by atoms with E-state index in [0.717, 1.165) is 17.7 Å². The van der Waals surface area contributed by atoms with Crippen molar-refractivity contribution in [1.82, 2.24) is 0 Å². The summed E-state index contributed by atoms with van der Waals surface area (Å²) in [7, 11) is -3.75. The van der Waals surface area contributed by atoms with Gasteiger partial charge in [-0.1, -0.05) is 24.3 Å². The molecule has 1 amide bonds. The number of carbonyl (C=O) groups is 1. The summed E-state index contributed by atoms with van der Waals surface area (Å²) in [5.74, 6) is -2.78. The summed E-state index contributed by atoms with van der Waals surface area (Å²) in [4.78, 5) is 12.6. The monoisotopic (exact) mass is 428 g/mol. The maximum atomic E-state index is 13.4. The Morgan fingerprint density at radius 2 is 1.70 bits per heavy atom. The van der Waals surface area contributed by atoms with Crippen LogP contribution in [-0.2, 0) is 16.4 Å². The second kappa shape index (κ2) is 7.87. The first-order valence-corrected chi connectivity index (χ1v) is 10.8. The zero-order chi connectivity index (χ0) is 21.3. The molecule has 1 heterocycles. The Labute approximate surface area is 173 Å². The third kappa shape index (κ3) is 3.78. The van der Waals surface area contributed by atoms with E-state index in [1.165, 1.54) is 10.4 Å². The normalized spacial score (nSPS) is 13.6. The van der Waals surface area contributed by atoms with Gasteiger partial charge in [-0.15, -0.1) is 0 Å². The van der Waals surface area contributed by atoms with E-state index in [-0.39, 0.29) is 10.5 Å². The average molecular weight is 428 g/mol. The highest BCUT2D eigenvalue weighted by atomic mass is 32.2. The molecule has 0 saturated carbocycles. The summed E-state index contributed by atoms with van der Waals surface area (Å²) in [6.45, 7) is 0.324. The zero-order valence-electron chi connectivity index (χ0n) is 15.8. The topological polar surface area (TPSA) is 66.5 Å². The molecular weight excluding hydrogens is 410 g/mol. The fourth-order valence-electron chi connectivity index (χ4n) is 3.43. The molecule has 3 aromatic carbocycles. The van der Waals surface area contributed by atoms with Crippen LogP contribution >= 0.6 is 0 Å². The van der Waals surface area contributed by atoms with Crippen LogP contribution in [0.25, 0.3) is 0 Å². The predicted octanol–water partition coefficient (Wildman–Crippen LogP) is 4.36. The quantitative estimate of drug-likeness (QED) is 0.672. The number of anilines is 2. The number of sulfonamides is 1. The molecule has 1 aliphatic heterocycles. The summed E-state index contributed by atoms with van der Waals surface area (Å²) >= 11 is 0. The van der Waals surface area contributed by atoms with Gasteiger partial charge >= 0.3 is 0 Å². The number of hydrogen-bond donors (Lipinski definition) is 1. The van der Waals surface area contributed by atoms with Crippen LogP contribution in [0.2, 0.25) is 0 Å². The molecule has 3 aromatic rings. The maximum Gasteiger partial charge on any atom is 0.264 e. The first-order chi connectivity index (χ1) is 14.4. The Morgan fingerprint density at radius 3 is 2.43 bits per heavy atom. The summed E-state index contributed by atoms with van der Waals surface area (Å²) in [6, 6.07) is 16.0. The number of nitrogens with zero attached hydrogens (tertiary/aromatic N) is 1. The van der Waals surface area contributed by atoms with E-state index >= 15 is 0 Å². The molecular formula is C22H18F2N2O3S. The molecule has 0 unspecified atom stereocenters. The minimum absolute atomic E-state index is 0.0413. The molecule has 0 spiro atoms. The fourth-order valence-corrected chi connectivity index (χ4v) is 4.98. The number of rotatable bonds is 4. The van der Waals surface area contributed by atoms with Crippen molar-refractivity contribution in [2.45, 2.75) is 17.7 Å². The Morgan fingerprint density at radius 1 is 0.933 bits per heavy atom. The molecule has 0 atom stereocenters. The minimum atomic E-state index is -3.75. The zero-order valence-corrected chi connectivity index (χ0v) is 16.6. The van der Waals surface area contributed by atoms with E-state index in [9.17, 15) is 22.0 Å². The number of aryl methyl sites for hydroxylation is 1. The number of benzene rings is 3. The molecule has 0 aromatic heterocycles. The average Bonchev–Trinajstić information content (AvgIpc) is 2.75. The molecule has 30 heavy (non-hydrogen) atoms. The van der Waals surface area contributed by atoms with Crippen molar-refractivity contribution in [3.05, 3.63) is 89.5 Å². The highest BCUT2D eigenvalue weighted by molar-refractivity contribution is 7.92. The van der Waals surface area contributed by atoms with Gasteiger partial charge in [-0.25, -0.2) is 17.2 Å². The lowest BCUT2D eigenvalue weighted by Gasteiger charge is -2.31. The van der Waals surface area contributed by atoms with Gasteiger partial charge in [0.05, 0.1) is 10.6 Å². The van der Waals surface area contributed by atoms with Crippen molar-refractivity contribution < 1.29 is 22.0 Å². The summed E-state index contributed by atoms with van der Waals surface area (Å²) in [6.07, 6.45) is 1.40. The maximum absolute atomic E-state index is 13.4. The third-order valence-corrected chi connectivity index (χ3v) is 6.76. The first kappa shape index (κ1) is 20.0. The molecule has 0 aliphatic carbocycles. The van der Waals surface area contributed by atoms with Crippen LogP contribution in [0.3, 0.4) is 0 Å². The van der Waals surface area contributed by atoms with Gasteiger partial charge in [0.1, 0.15) is 0 Å². The van der Waals surface area contributed by atoms with Gasteiger partial charge in [-0.3, -0.25) is 9.10 Å². The molecule has 4 rings (SSSR count). The number of amides is 1. The Balaban J connectivity index is 1.65.